The van der Waals surface area contributed by atoms with Crippen LogP contribution in [0.2, 0.25) is 0 Å². The zero-order valence-electron chi connectivity index (χ0n) is 6.11. The minimum atomic E-state index is 0.0977. The highest BCUT2D eigenvalue weighted by Gasteiger charge is 2.13. The van der Waals surface area contributed by atoms with Gasteiger partial charge in [-0.3, -0.25) is 4.79 Å². The lowest BCUT2D eigenvalue weighted by atomic mass is 10.0. The summed E-state index contributed by atoms with van der Waals surface area (Å²) >= 11 is 0. The third-order valence-corrected chi connectivity index (χ3v) is 1.60. The molecule has 0 aromatic rings. The summed E-state index contributed by atoms with van der Waals surface area (Å²) in [7, 11) is 0. The van der Waals surface area contributed by atoms with Crippen LogP contribution in [0.4, 0.5) is 0 Å². The summed E-state index contributed by atoms with van der Waals surface area (Å²) in [6, 6.07) is 0. The van der Waals surface area contributed by atoms with Gasteiger partial charge in [0.25, 0.3) is 0 Å². The molecule has 1 rings (SSSR count). The van der Waals surface area contributed by atoms with Crippen LogP contribution < -0.4 is 5.32 Å². The first-order valence-electron chi connectivity index (χ1n) is 3.38. The Bertz CT molecular complexity index is 203. The molecule has 1 heterocycles. The summed E-state index contributed by atoms with van der Waals surface area (Å²) in [5, 5.41) is 2.74. The lowest BCUT2D eigenvalue weighted by Crippen LogP contribution is -2.27. The Hall–Kier alpha value is -1.05. The largest absolute Gasteiger partial charge is 0.326 e. The van der Waals surface area contributed by atoms with E-state index >= 15 is 0 Å². The topological polar surface area (TPSA) is 29.1 Å². The maximum absolute atomic E-state index is 10.8. The molecule has 2 nitrogen and oxygen atoms in total. The second-order valence-electron chi connectivity index (χ2n) is 2.35. The van der Waals surface area contributed by atoms with E-state index in [9.17, 15) is 4.79 Å². The third-order valence-electron chi connectivity index (χ3n) is 1.60. The maximum atomic E-state index is 10.8. The van der Waals surface area contributed by atoms with E-state index in [1.165, 1.54) is 0 Å². The van der Waals surface area contributed by atoms with Gasteiger partial charge in [0.2, 0.25) is 5.91 Å². The van der Waals surface area contributed by atoms with Gasteiger partial charge in [-0.25, -0.2) is 0 Å². The van der Waals surface area contributed by atoms with Crippen LogP contribution in [0.1, 0.15) is 19.8 Å². The highest BCUT2D eigenvalue weighted by molar-refractivity contribution is 5.80. The second-order valence-corrected chi connectivity index (χ2v) is 2.35. The second kappa shape index (κ2) is 2.69. The van der Waals surface area contributed by atoms with Gasteiger partial charge in [-0.1, -0.05) is 12.7 Å². The van der Waals surface area contributed by atoms with Crippen LogP contribution in [0.15, 0.2) is 23.9 Å². The van der Waals surface area contributed by atoms with Crippen LogP contribution in [0.5, 0.6) is 0 Å². The van der Waals surface area contributed by atoms with Crippen LogP contribution in [0.3, 0.4) is 0 Å². The number of carbonyl (C=O) groups is 1. The fraction of sp³-hybridized carbons (Fsp3) is 0.375. The fourth-order valence-corrected chi connectivity index (χ4v) is 0.976. The van der Waals surface area contributed by atoms with Crippen LogP contribution >= 0.6 is 0 Å². The first-order valence-corrected chi connectivity index (χ1v) is 3.38. The normalized spacial score (nSPS) is 23.1. The zero-order chi connectivity index (χ0) is 7.56. The summed E-state index contributed by atoms with van der Waals surface area (Å²) in [6.07, 6.45) is 3.25. The molecule has 0 aromatic carbocycles. The van der Waals surface area contributed by atoms with Crippen molar-refractivity contribution in [2.24, 2.45) is 0 Å². The van der Waals surface area contributed by atoms with Crippen molar-refractivity contribution in [2.45, 2.75) is 19.8 Å². The van der Waals surface area contributed by atoms with E-state index in [1.54, 1.807) is 0 Å². The van der Waals surface area contributed by atoms with E-state index in [0.29, 0.717) is 6.42 Å². The molecule has 0 aliphatic carbocycles. The fourth-order valence-electron chi connectivity index (χ4n) is 0.976. The van der Waals surface area contributed by atoms with Gasteiger partial charge in [0.05, 0.1) is 0 Å². The smallest absolute Gasteiger partial charge is 0.224 e. The van der Waals surface area contributed by atoms with Gasteiger partial charge in [0.15, 0.2) is 0 Å². The molecule has 54 valence electrons. The van der Waals surface area contributed by atoms with Gasteiger partial charge in [-0.05, 0) is 18.9 Å². The van der Waals surface area contributed by atoms with Gasteiger partial charge >= 0.3 is 0 Å². The van der Waals surface area contributed by atoms with Crippen molar-refractivity contribution in [1.82, 2.24) is 5.32 Å². The van der Waals surface area contributed by atoms with E-state index in [-0.39, 0.29) is 5.91 Å². The molecule has 0 spiro atoms. The summed E-state index contributed by atoms with van der Waals surface area (Å²) in [5.74, 6) is 0.0977. The number of amides is 1. The summed E-state index contributed by atoms with van der Waals surface area (Å²) < 4.78 is 0. The number of carbonyl (C=O) groups excluding carboxylic acids is 1. The van der Waals surface area contributed by atoms with Crippen molar-refractivity contribution < 1.29 is 4.79 Å². The molecule has 10 heavy (non-hydrogen) atoms. The highest BCUT2D eigenvalue weighted by atomic mass is 16.1. The van der Waals surface area contributed by atoms with E-state index in [4.69, 9.17) is 0 Å². The van der Waals surface area contributed by atoms with Crippen LogP contribution in [0, 0.1) is 0 Å². The van der Waals surface area contributed by atoms with E-state index in [1.807, 2.05) is 13.0 Å². The minimum absolute atomic E-state index is 0.0977. The molecular formula is C8H11NO. The Kier molecular flexibility index (Phi) is 1.90. The van der Waals surface area contributed by atoms with Crippen molar-refractivity contribution in [2.75, 3.05) is 0 Å². The Balaban J connectivity index is 2.72. The van der Waals surface area contributed by atoms with Gasteiger partial charge in [0.1, 0.15) is 0 Å². The Morgan fingerprint density at radius 2 is 2.30 bits per heavy atom. The molecule has 2 heteroatoms. The lowest BCUT2D eigenvalue weighted by molar-refractivity contribution is -0.120. The predicted octanol–water partition coefficient (Wildman–Crippen LogP) is 1.36. The van der Waals surface area contributed by atoms with Crippen LogP contribution in [-0.4, -0.2) is 5.91 Å². The van der Waals surface area contributed by atoms with Crippen molar-refractivity contribution >= 4 is 5.91 Å². The van der Waals surface area contributed by atoms with Crippen molar-refractivity contribution in [1.29, 1.82) is 0 Å². The molecule has 0 atom stereocenters. The molecule has 1 N–H and O–H groups in total. The molecule has 0 unspecified atom stereocenters. The third kappa shape index (κ3) is 1.26. The average Bonchev–Trinajstić information content (AvgIpc) is 1.94. The molecule has 1 amide bonds. The van der Waals surface area contributed by atoms with E-state index in [0.717, 1.165) is 17.7 Å². The Labute approximate surface area is 60.6 Å². The summed E-state index contributed by atoms with van der Waals surface area (Å²) in [4.78, 5) is 10.8. The molecule has 0 saturated carbocycles. The quantitative estimate of drug-likeness (QED) is 0.536. The first kappa shape index (κ1) is 7.06. The number of hydrogen-bond acceptors (Lipinski definition) is 1. The van der Waals surface area contributed by atoms with E-state index < -0.39 is 0 Å². The highest BCUT2D eigenvalue weighted by Crippen LogP contribution is 2.16. The van der Waals surface area contributed by atoms with Crippen molar-refractivity contribution in [3.05, 3.63) is 23.9 Å². The molecule has 1 saturated heterocycles. The Morgan fingerprint density at radius 1 is 1.60 bits per heavy atom. The van der Waals surface area contributed by atoms with Gasteiger partial charge < -0.3 is 5.32 Å². The molecule has 1 fully saturated rings. The monoisotopic (exact) mass is 137 g/mol. The minimum Gasteiger partial charge on any atom is -0.326 e. The average molecular weight is 137 g/mol. The molecule has 0 radical (unpaired) electrons. The molecule has 0 bridgehead atoms. The number of allylic oxidation sites excluding steroid dienone is 2. The van der Waals surface area contributed by atoms with Crippen LogP contribution in [0.25, 0.3) is 0 Å². The summed E-state index contributed by atoms with van der Waals surface area (Å²) in [5.41, 5.74) is 1.92. The maximum Gasteiger partial charge on any atom is 0.224 e. The molecule has 1 aliphatic heterocycles. The first-order chi connectivity index (χ1) is 4.74. The van der Waals surface area contributed by atoms with Gasteiger partial charge in [-0.15, -0.1) is 0 Å². The molecular weight excluding hydrogens is 126 g/mol. The van der Waals surface area contributed by atoms with E-state index in [2.05, 4.69) is 11.9 Å². The number of piperidine rings is 1. The standard InChI is InChI=1S/C8H11NO/c1-3-7-6(2)4-5-8(10)9-7/h3H,2,4-5H2,1H3,(H,9,10)/b7-3-. The number of nitrogens with one attached hydrogen (secondary N) is 1. The lowest BCUT2D eigenvalue weighted by Gasteiger charge is -2.17. The zero-order valence-corrected chi connectivity index (χ0v) is 6.11. The molecule has 1 aliphatic rings. The molecule has 0 aromatic heterocycles. The van der Waals surface area contributed by atoms with Crippen LogP contribution in [-0.2, 0) is 4.79 Å². The summed E-state index contributed by atoms with van der Waals surface area (Å²) in [6.45, 7) is 5.71. The number of hydrogen-bond donors (Lipinski definition) is 1. The SMILES string of the molecule is C=C1CCC(=O)N/C1=C\C. The van der Waals surface area contributed by atoms with Gasteiger partial charge in [0, 0.05) is 12.1 Å². The van der Waals surface area contributed by atoms with Crippen molar-refractivity contribution in [3.63, 3.8) is 0 Å². The Morgan fingerprint density at radius 3 is 2.80 bits per heavy atom. The number of rotatable bonds is 0. The van der Waals surface area contributed by atoms with Crippen molar-refractivity contribution in [3.8, 4) is 0 Å². The predicted molar refractivity (Wildman–Crippen MR) is 40.3 cm³/mol. The van der Waals surface area contributed by atoms with Gasteiger partial charge in [-0.2, -0.15) is 0 Å².